The molecule has 0 radical (unpaired) electrons. The number of primary amides is 1. The molecule has 25 heavy (non-hydrogen) atoms. The van der Waals surface area contributed by atoms with Crippen molar-refractivity contribution in [3.8, 4) is 0 Å². The van der Waals surface area contributed by atoms with Crippen LogP contribution in [0.15, 0.2) is 24.3 Å². The molecule has 7 heteroatoms. The van der Waals surface area contributed by atoms with Gasteiger partial charge in [0.2, 0.25) is 11.8 Å². The van der Waals surface area contributed by atoms with Gasteiger partial charge >= 0.3 is 0 Å². The first-order chi connectivity index (χ1) is 11.7. The first-order valence-electron chi connectivity index (χ1n) is 8.41. The van der Waals surface area contributed by atoms with Crippen molar-refractivity contribution in [1.29, 1.82) is 0 Å². The molecule has 0 spiro atoms. The Bertz CT molecular complexity index is 631. The quantitative estimate of drug-likeness (QED) is 0.538. The number of carbonyl (C=O) groups is 3. The van der Waals surface area contributed by atoms with E-state index < -0.39 is 11.4 Å². The van der Waals surface area contributed by atoms with Crippen LogP contribution in [0.25, 0.3) is 0 Å². The minimum Gasteiger partial charge on any atom is -0.368 e. The second-order valence-corrected chi connectivity index (χ2v) is 6.64. The third-order valence-corrected chi connectivity index (χ3v) is 3.75. The molecule has 0 aromatic heterocycles. The van der Waals surface area contributed by atoms with E-state index in [0.29, 0.717) is 24.2 Å². The van der Waals surface area contributed by atoms with Crippen LogP contribution in [0.5, 0.6) is 0 Å². The Morgan fingerprint density at radius 2 is 1.92 bits per heavy atom. The van der Waals surface area contributed by atoms with E-state index >= 15 is 0 Å². The van der Waals surface area contributed by atoms with Crippen LogP contribution >= 0.6 is 0 Å². The van der Waals surface area contributed by atoms with Crippen molar-refractivity contribution < 1.29 is 14.4 Å². The van der Waals surface area contributed by atoms with Crippen LogP contribution in [0, 0.1) is 5.92 Å². The number of hydrogen-bond acceptors (Lipinski definition) is 4. The van der Waals surface area contributed by atoms with Gasteiger partial charge in [0.1, 0.15) is 0 Å². The largest absolute Gasteiger partial charge is 0.368 e. The fourth-order valence-electron chi connectivity index (χ4n) is 2.56. The summed E-state index contributed by atoms with van der Waals surface area (Å²) in [7, 11) is 0. The molecule has 0 saturated carbocycles. The maximum atomic E-state index is 12.1. The van der Waals surface area contributed by atoms with Crippen LogP contribution in [0.3, 0.4) is 0 Å². The zero-order chi connectivity index (χ0) is 19.0. The lowest BCUT2D eigenvalue weighted by Gasteiger charge is -2.29. The highest BCUT2D eigenvalue weighted by Gasteiger charge is 2.31. The zero-order valence-electron chi connectivity index (χ0n) is 15.3. The Balaban J connectivity index is 2.69. The van der Waals surface area contributed by atoms with Gasteiger partial charge in [-0.25, -0.2) is 0 Å². The van der Waals surface area contributed by atoms with Gasteiger partial charge in [-0.15, -0.1) is 0 Å². The summed E-state index contributed by atoms with van der Waals surface area (Å²) in [6, 6.07) is 6.66. The van der Waals surface area contributed by atoms with Crippen molar-refractivity contribution in [2.24, 2.45) is 11.7 Å². The lowest BCUT2D eigenvalue weighted by Crippen LogP contribution is -2.55. The van der Waals surface area contributed by atoms with E-state index in [2.05, 4.69) is 16.0 Å². The summed E-state index contributed by atoms with van der Waals surface area (Å²) in [6.07, 6.45) is 0.530. The van der Waals surface area contributed by atoms with E-state index in [-0.39, 0.29) is 24.3 Å². The van der Waals surface area contributed by atoms with Crippen molar-refractivity contribution in [1.82, 2.24) is 10.6 Å². The van der Waals surface area contributed by atoms with Crippen molar-refractivity contribution in [2.45, 2.75) is 39.7 Å². The molecular formula is C18H28N4O3. The van der Waals surface area contributed by atoms with Crippen molar-refractivity contribution in [2.75, 3.05) is 18.4 Å². The number of carbonyl (C=O) groups excluding carboxylic acids is 3. The van der Waals surface area contributed by atoms with E-state index in [9.17, 15) is 14.4 Å². The molecule has 0 aliphatic heterocycles. The highest BCUT2D eigenvalue weighted by Crippen LogP contribution is 2.16. The predicted octanol–water partition coefficient (Wildman–Crippen LogP) is 1.25. The summed E-state index contributed by atoms with van der Waals surface area (Å²) in [5.74, 6) is -0.756. The predicted molar refractivity (Wildman–Crippen MR) is 98.1 cm³/mol. The summed E-state index contributed by atoms with van der Waals surface area (Å²) < 4.78 is 0. The Morgan fingerprint density at radius 1 is 1.24 bits per heavy atom. The molecule has 1 unspecified atom stereocenters. The molecule has 7 nitrogen and oxygen atoms in total. The molecule has 0 heterocycles. The highest BCUT2D eigenvalue weighted by molar-refractivity contribution is 5.97. The molecule has 0 bridgehead atoms. The zero-order valence-corrected chi connectivity index (χ0v) is 15.3. The highest BCUT2D eigenvalue weighted by atomic mass is 16.2. The van der Waals surface area contributed by atoms with Gasteiger partial charge in [0.25, 0.3) is 5.91 Å². The molecule has 1 atom stereocenters. The van der Waals surface area contributed by atoms with Crippen molar-refractivity contribution in [3.05, 3.63) is 29.8 Å². The maximum Gasteiger partial charge on any atom is 0.251 e. The molecule has 3 amide bonds. The fraction of sp³-hybridized carbons (Fsp3) is 0.500. The molecule has 1 rings (SSSR count). The SMILES string of the molecule is CCNC(=O)c1cccc(NC(=O)CNC(C)(CC(C)C)C(N)=O)c1. The van der Waals surface area contributed by atoms with E-state index in [4.69, 9.17) is 5.73 Å². The molecule has 0 aliphatic carbocycles. The topological polar surface area (TPSA) is 113 Å². The normalized spacial score (nSPS) is 13.2. The Morgan fingerprint density at radius 3 is 2.48 bits per heavy atom. The molecule has 0 aliphatic rings. The molecule has 1 aromatic rings. The van der Waals surface area contributed by atoms with Crippen molar-refractivity contribution in [3.63, 3.8) is 0 Å². The minimum atomic E-state index is -0.950. The number of hydrogen-bond donors (Lipinski definition) is 4. The first-order valence-corrected chi connectivity index (χ1v) is 8.41. The van der Waals surface area contributed by atoms with E-state index in [0.717, 1.165) is 0 Å². The monoisotopic (exact) mass is 348 g/mol. The van der Waals surface area contributed by atoms with Crippen LogP contribution < -0.4 is 21.7 Å². The molecule has 1 aromatic carbocycles. The summed E-state index contributed by atoms with van der Waals surface area (Å²) in [5, 5.41) is 8.35. The third kappa shape index (κ3) is 6.54. The Kier molecular flexibility index (Phi) is 7.57. The van der Waals surface area contributed by atoms with E-state index in [1.54, 1.807) is 31.2 Å². The van der Waals surface area contributed by atoms with Crippen molar-refractivity contribution >= 4 is 23.4 Å². The van der Waals surface area contributed by atoms with Gasteiger partial charge in [0.15, 0.2) is 0 Å². The van der Waals surface area contributed by atoms with Gasteiger partial charge in [-0.1, -0.05) is 19.9 Å². The van der Waals surface area contributed by atoms with Crippen LogP contribution in [0.4, 0.5) is 5.69 Å². The lowest BCUT2D eigenvalue weighted by molar-refractivity contribution is -0.125. The molecule has 5 N–H and O–H groups in total. The average Bonchev–Trinajstić information content (AvgIpc) is 2.52. The van der Waals surface area contributed by atoms with Gasteiger partial charge < -0.3 is 16.4 Å². The van der Waals surface area contributed by atoms with E-state index in [1.807, 2.05) is 20.8 Å². The molecule has 0 saturated heterocycles. The Hall–Kier alpha value is -2.41. The summed E-state index contributed by atoms with van der Waals surface area (Å²) in [6.45, 7) is 7.96. The van der Waals surface area contributed by atoms with Crippen LogP contribution in [0.2, 0.25) is 0 Å². The summed E-state index contributed by atoms with van der Waals surface area (Å²) >= 11 is 0. The number of rotatable bonds is 9. The fourth-order valence-corrected chi connectivity index (χ4v) is 2.56. The third-order valence-electron chi connectivity index (χ3n) is 3.75. The van der Waals surface area contributed by atoms with Crippen LogP contribution in [-0.2, 0) is 9.59 Å². The summed E-state index contributed by atoms with van der Waals surface area (Å²) in [4.78, 5) is 35.7. The number of nitrogens with one attached hydrogen (secondary N) is 3. The number of amides is 3. The van der Waals surface area contributed by atoms with Gasteiger partial charge in [0, 0.05) is 17.8 Å². The van der Waals surface area contributed by atoms with Crippen LogP contribution in [-0.4, -0.2) is 36.3 Å². The maximum absolute atomic E-state index is 12.1. The second-order valence-electron chi connectivity index (χ2n) is 6.64. The van der Waals surface area contributed by atoms with Gasteiger partial charge in [0.05, 0.1) is 12.1 Å². The Labute approximate surface area is 148 Å². The van der Waals surface area contributed by atoms with Gasteiger partial charge in [-0.3, -0.25) is 19.7 Å². The second kappa shape index (κ2) is 9.17. The molecular weight excluding hydrogens is 320 g/mol. The molecule has 0 fully saturated rings. The minimum absolute atomic E-state index is 0.0580. The number of benzene rings is 1. The van der Waals surface area contributed by atoms with Gasteiger partial charge in [-0.05, 0) is 44.4 Å². The van der Waals surface area contributed by atoms with E-state index in [1.165, 1.54) is 0 Å². The molecule has 138 valence electrons. The average molecular weight is 348 g/mol. The lowest BCUT2D eigenvalue weighted by atomic mass is 9.90. The van der Waals surface area contributed by atoms with Gasteiger partial charge in [-0.2, -0.15) is 0 Å². The van der Waals surface area contributed by atoms with Crippen LogP contribution in [0.1, 0.15) is 44.5 Å². The number of anilines is 1. The first kappa shape index (κ1) is 20.6. The standard InChI is InChI=1S/C18H28N4O3/c1-5-20-16(24)13-7-6-8-14(9-13)22-15(23)11-21-18(4,17(19)25)10-12(2)3/h6-9,12,21H,5,10-11H2,1-4H3,(H2,19,25)(H,20,24)(H,22,23). The summed E-state index contributed by atoms with van der Waals surface area (Å²) in [5.41, 5.74) is 5.49. The number of nitrogens with two attached hydrogens (primary N) is 1. The smallest absolute Gasteiger partial charge is 0.251 e.